The quantitative estimate of drug-likeness (QED) is 0.669. The second-order valence-electron chi connectivity index (χ2n) is 3.34. The molecule has 0 aliphatic heterocycles. The van der Waals surface area contributed by atoms with Crippen LogP contribution in [0, 0.1) is 0 Å². The first-order valence-corrected chi connectivity index (χ1v) is 7.72. The summed E-state index contributed by atoms with van der Waals surface area (Å²) in [5.41, 5.74) is 0.725. The highest BCUT2D eigenvalue weighted by molar-refractivity contribution is 9.10. The molecule has 0 spiro atoms. The van der Waals surface area contributed by atoms with Crippen LogP contribution in [0.15, 0.2) is 33.2 Å². The van der Waals surface area contributed by atoms with Gasteiger partial charge in [-0.1, -0.05) is 39.1 Å². The van der Waals surface area contributed by atoms with Gasteiger partial charge in [0.05, 0.1) is 0 Å². The van der Waals surface area contributed by atoms with Gasteiger partial charge in [0.15, 0.2) is 0 Å². The Hall–Kier alpha value is 0.420. The van der Waals surface area contributed by atoms with Gasteiger partial charge < -0.3 is 5.11 Å². The van der Waals surface area contributed by atoms with Gasteiger partial charge in [-0.2, -0.15) is 0 Å². The summed E-state index contributed by atoms with van der Waals surface area (Å²) in [6, 6.07) is 7.12. The molecule has 0 saturated heterocycles. The molecule has 1 heterocycles. The van der Waals surface area contributed by atoms with Gasteiger partial charge in [-0.05, 0) is 40.2 Å². The first-order chi connectivity index (χ1) is 7.99. The van der Waals surface area contributed by atoms with Gasteiger partial charge in [-0.3, -0.25) is 0 Å². The molecule has 6 heteroatoms. The molecule has 2 rings (SSSR count). The molecule has 0 fully saturated rings. The van der Waals surface area contributed by atoms with Crippen molar-refractivity contribution in [2.24, 2.45) is 0 Å². The highest BCUT2D eigenvalue weighted by atomic mass is 79.9. The molecule has 2 aromatic rings. The van der Waals surface area contributed by atoms with Crippen molar-refractivity contribution in [2.75, 3.05) is 0 Å². The molecule has 0 aliphatic carbocycles. The molecule has 1 N–H and O–H groups in total. The van der Waals surface area contributed by atoms with E-state index in [2.05, 4.69) is 31.9 Å². The zero-order chi connectivity index (χ0) is 12.6. The van der Waals surface area contributed by atoms with Gasteiger partial charge in [-0.25, -0.2) is 0 Å². The van der Waals surface area contributed by atoms with E-state index in [-0.39, 0.29) is 0 Å². The van der Waals surface area contributed by atoms with Crippen LogP contribution in [0.4, 0.5) is 0 Å². The van der Waals surface area contributed by atoms with Crippen LogP contribution in [0.3, 0.4) is 0 Å². The topological polar surface area (TPSA) is 20.2 Å². The Morgan fingerprint density at radius 3 is 2.41 bits per heavy atom. The smallest absolute Gasteiger partial charge is 0.114 e. The van der Waals surface area contributed by atoms with E-state index in [0.717, 1.165) is 19.4 Å². The van der Waals surface area contributed by atoms with Crippen molar-refractivity contribution in [3.63, 3.8) is 0 Å². The van der Waals surface area contributed by atoms with Crippen LogP contribution in [0.1, 0.15) is 16.5 Å². The van der Waals surface area contributed by atoms with Crippen LogP contribution in [0.2, 0.25) is 9.36 Å². The van der Waals surface area contributed by atoms with Gasteiger partial charge in [0, 0.05) is 24.4 Å². The monoisotopic (exact) mass is 414 g/mol. The van der Waals surface area contributed by atoms with Crippen molar-refractivity contribution in [2.45, 2.75) is 6.10 Å². The zero-order valence-electron chi connectivity index (χ0n) is 8.25. The van der Waals surface area contributed by atoms with Crippen molar-refractivity contribution in [1.29, 1.82) is 0 Å². The van der Waals surface area contributed by atoms with Crippen molar-refractivity contribution < 1.29 is 5.11 Å². The number of aliphatic hydroxyl groups excluding tert-OH is 1. The number of thiophene rings is 1. The normalized spacial score (nSPS) is 12.8. The predicted molar refractivity (Wildman–Crippen MR) is 80.2 cm³/mol. The van der Waals surface area contributed by atoms with E-state index in [9.17, 15) is 5.11 Å². The lowest BCUT2D eigenvalue weighted by Crippen LogP contribution is -1.98. The summed E-state index contributed by atoms with van der Waals surface area (Å²) >= 11 is 19.9. The standard InChI is InChI=1S/C11H6Br2Cl2OS/c12-7-2-1-5(14)3-6(7)10(16)9-4-8(13)11(15)17-9/h1-4,10,16H. The van der Waals surface area contributed by atoms with Crippen molar-refractivity contribution in [3.8, 4) is 0 Å². The van der Waals surface area contributed by atoms with Gasteiger partial charge in [-0.15, -0.1) is 11.3 Å². The van der Waals surface area contributed by atoms with Crippen molar-refractivity contribution >= 4 is 66.4 Å². The van der Waals surface area contributed by atoms with E-state index in [4.69, 9.17) is 23.2 Å². The minimum Gasteiger partial charge on any atom is -0.383 e. The number of aliphatic hydroxyl groups is 1. The maximum Gasteiger partial charge on any atom is 0.114 e. The maximum atomic E-state index is 10.3. The second kappa shape index (κ2) is 5.59. The second-order valence-corrected chi connectivity index (χ2v) is 7.17. The molecule has 90 valence electrons. The summed E-state index contributed by atoms with van der Waals surface area (Å²) in [4.78, 5) is 0.768. The van der Waals surface area contributed by atoms with Gasteiger partial charge in [0.1, 0.15) is 10.4 Å². The molecule has 0 aliphatic rings. The Balaban J connectivity index is 2.42. The average molecular weight is 417 g/mol. The molecule has 1 aromatic carbocycles. The van der Waals surface area contributed by atoms with Crippen molar-refractivity contribution in [3.05, 3.63) is 53.0 Å². The number of rotatable bonds is 2. The summed E-state index contributed by atoms with van der Waals surface area (Å²) in [5, 5.41) is 10.9. The van der Waals surface area contributed by atoms with Crippen LogP contribution in [-0.2, 0) is 0 Å². The lowest BCUT2D eigenvalue weighted by Gasteiger charge is -2.11. The molecule has 0 amide bonds. The Bertz CT molecular complexity index is 537. The molecule has 1 aromatic heterocycles. The third-order valence-electron chi connectivity index (χ3n) is 2.19. The first kappa shape index (κ1) is 13.8. The van der Waals surface area contributed by atoms with Crippen LogP contribution in [0.25, 0.3) is 0 Å². The van der Waals surface area contributed by atoms with Gasteiger partial charge >= 0.3 is 0 Å². The summed E-state index contributed by atoms with van der Waals surface area (Å²) in [6.07, 6.45) is -0.739. The molecule has 0 radical (unpaired) electrons. The number of benzene rings is 1. The molecule has 0 bridgehead atoms. The molecule has 1 nitrogen and oxygen atoms in total. The molecule has 1 unspecified atom stereocenters. The van der Waals surface area contributed by atoms with E-state index in [1.54, 1.807) is 12.1 Å². The minimum absolute atomic E-state index is 0.587. The number of hydrogen-bond acceptors (Lipinski definition) is 2. The largest absolute Gasteiger partial charge is 0.383 e. The van der Waals surface area contributed by atoms with E-state index < -0.39 is 6.10 Å². The Kier molecular flexibility index (Phi) is 4.55. The maximum absolute atomic E-state index is 10.3. The zero-order valence-corrected chi connectivity index (χ0v) is 13.8. The summed E-state index contributed by atoms with van der Waals surface area (Å²) in [6.45, 7) is 0. The summed E-state index contributed by atoms with van der Waals surface area (Å²) in [7, 11) is 0. The Labute approximate surface area is 130 Å². The van der Waals surface area contributed by atoms with Gasteiger partial charge in [0.25, 0.3) is 0 Å². The van der Waals surface area contributed by atoms with Gasteiger partial charge in [0.2, 0.25) is 0 Å². The Morgan fingerprint density at radius 2 is 1.82 bits per heavy atom. The molecule has 1 atom stereocenters. The first-order valence-electron chi connectivity index (χ1n) is 4.57. The summed E-state index contributed by atoms with van der Waals surface area (Å²) < 4.78 is 2.23. The molecule has 0 saturated carbocycles. The van der Waals surface area contributed by atoms with E-state index in [1.807, 2.05) is 12.1 Å². The fraction of sp³-hybridized carbons (Fsp3) is 0.0909. The highest BCUT2D eigenvalue weighted by Gasteiger charge is 2.18. The van der Waals surface area contributed by atoms with Crippen LogP contribution < -0.4 is 0 Å². The average Bonchev–Trinajstić information content (AvgIpc) is 2.62. The highest BCUT2D eigenvalue weighted by Crippen LogP contribution is 2.39. The van der Waals surface area contributed by atoms with Crippen LogP contribution in [0.5, 0.6) is 0 Å². The SMILES string of the molecule is OC(c1cc(Br)c(Cl)s1)c1cc(Cl)ccc1Br. The van der Waals surface area contributed by atoms with Crippen molar-refractivity contribution in [1.82, 2.24) is 0 Å². The fourth-order valence-corrected chi connectivity index (χ4v) is 3.76. The van der Waals surface area contributed by atoms with Crippen LogP contribution >= 0.6 is 66.4 Å². The molecular weight excluding hydrogens is 411 g/mol. The molecule has 17 heavy (non-hydrogen) atoms. The lowest BCUT2D eigenvalue weighted by molar-refractivity contribution is 0.223. The number of halogens is 4. The van der Waals surface area contributed by atoms with E-state index in [1.165, 1.54) is 11.3 Å². The van der Waals surface area contributed by atoms with Crippen LogP contribution in [-0.4, -0.2) is 5.11 Å². The lowest BCUT2D eigenvalue weighted by atomic mass is 10.1. The summed E-state index contributed by atoms with van der Waals surface area (Å²) in [5.74, 6) is 0. The van der Waals surface area contributed by atoms with E-state index >= 15 is 0 Å². The minimum atomic E-state index is -0.739. The fourth-order valence-electron chi connectivity index (χ4n) is 1.38. The van der Waals surface area contributed by atoms with E-state index in [0.29, 0.717) is 9.36 Å². The number of hydrogen-bond donors (Lipinski definition) is 1. The predicted octanol–water partition coefficient (Wildman–Crippen LogP) is 5.66. The molecular formula is C11H6Br2Cl2OS. The third-order valence-corrected chi connectivity index (χ3v) is 5.67. The third kappa shape index (κ3) is 3.06. The Morgan fingerprint density at radius 1 is 1.12 bits per heavy atom.